The third-order valence-electron chi connectivity index (χ3n) is 3.02. The topological polar surface area (TPSA) is 78.4 Å². The van der Waals surface area contributed by atoms with Crippen molar-refractivity contribution in [1.29, 1.82) is 0 Å². The van der Waals surface area contributed by atoms with Gasteiger partial charge in [0.15, 0.2) is 5.96 Å². The van der Waals surface area contributed by atoms with Crippen molar-refractivity contribution >= 4 is 23.2 Å². The zero-order chi connectivity index (χ0) is 16.2. The van der Waals surface area contributed by atoms with E-state index >= 15 is 0 Å². The fourth-order valence-electron chi connectivity index (χ4n) is 1.78. The highest BCUT2D eigenvalue weighted by Gasteiger charge is 2.03. The van der Waals surface area contributed by atoms with Crippen molar-refractivity contribution in [1.82, 2.24) is 20.9 Å². The van der Waals surface area contributed by atoms with Crippen LogP contribution in [0.25, 0.3) is 0 Å². The lowest BCUT2D eigenvalue weighted by molar-refractivity contribution is -0.120. The first-order valence-electron chi connectivity index (χ1n) is 7.84. The number of aliphatic imine (C=N–C) groups is 1. The molecule has 0 aliphatic rings. The third-order valence-corrected chi connectivity index (χ3v) is 4.22. The van der Waals surface area contributed by atoms with Crippen LogP contribution < -0.4 is 16.0 Å². The Kier molecular flexibility index (Phi) is 9.21. The van der Waals surface area contributed by atoms with Gasteiger partial charge in [-0.05, 0) is 12.8 Å². The number of rotatable bonds is 9. The predicted octanol–water partition coefficient (Wildman–Crippen LogP) is 1.33. The molecule has 22 heavy (non-hydrogen) atoms. The monoisotopic (exact) mass is 325 g/mol. The molecule has 3 N–H and O–H groups in total. The lowest BCUT2D eigenvalue weighted by Gasteiger charge is -2.11. The minimum absolute atomic E-state index is 0.0692. The number of thiazole rings is 1. The molecule has 0 unspecified atom stereocenters. The lowest BCUT2D eigenvalue weighted by atomic mass is 10.4. The van der Waals surface area contributed by atoms with Gasteiger partial charge in [-0.2, -0.15) is 0 Å². The average molecular weight is 325 g/mol. The Labute approximate surface area is 136 Å². The molecule has 1 amide bonds. The maximum absolute atomic E-state index is 11.5. The number of guanidine groups is 1. The molecule has 6 nitrogen and oxygen atoms in total. The fraction of sp³-hybridized carbons (Fsp3) is 0.667. The van der Waals surface area contributed by atoms with Crippen molar-refractivity contribution in [3.05, 3.63) is 16.1 Å². The second-order valence-corrected chi connectivity index (χ2v) is 6.05. The number of carbonyl (C=O) groups is 1. The fourth-order valence-corrected chi connectivity index (χ4v) is 2.64. The van der Waals surface area contributed by atoms with E-state index in [1.54, 1.807) is 18.4 Å². The van der Waals surface area contributed by atoms with Crippen molar-refractivity contribution in [2.24, 2.45) is 4.99 Å². The molecule has 0 bridgehead atoms. The van der Waals surface area contributed by atoms with E-state index in [0.717, 1.165) is 43.3 Å². The largest absolute Gasteiger partial charge is 0.356 e. The second-order valence-electron chi connectivity index (χ2n) is 4.85. The maximum Gasteiger partial charge on any atom is 0.221 e. The number of carbonyl (C=O) groups excluding carboxylic acids is 1. The van der Waals surface area contributed by atoms with Crippen LogP contribution in [0.4, 0.5) is 0 Å². The maximum atomic E-state index is 11.5. The molecule has 1 aromatic heterocycles. The lowest BCUT2D eigenvalue weighted by Crippen LogP contribution is -2.40. The van der Waals surface area contributed by atoms with Gasteiger partial charge >= 0.3 is 0 Å². The Bertz CT molecular complexity index is 472. The number of amides is 1. The molecule has 0 aliphatic heterocycles. The third kappa shape index (κ3) is 7.40. The van der Waals surface area contributed by atoms with Crippen LogP contribution in [0.2, 0.25) is 0 Å². The minimum atomic E-state index is 0.0692. The van der Waals surface area contributed by atoms with Crippen LogP contribution in [0.3, 0.4) is 0 Å². The molecule has 1 heterocycles. The Morgan fingerprint density at radius 1 is 1.23 bits per heavy atom. The first kappa shape index (κ1) is 18.4. The van der Waals surface area contributed by atoms with Crippen molar-refractivity contribution in [3.8, 4) is 0 Å². The standard InChI is InChI=1S/C15H27N5OS/c1-4-8-17-13(21)6-9-18-15(16-3)19-10-7-14-20-11-12(5-2)22-14/h11H,4-10H2,1-3H3,(H,17,21)(H2,16,18,19). The van der Waals surface area contributed by atoms with Gasteiger partial charge in [-0.15, -0.1) is 11.3 Å². The van der Waals surface area contributed by atoms with E-state index in [1.165, 1.54) is 4.88 Å². The molecule has 124 valence electrons. The van der Waals surface area contributed by atoms with E-state index in [1.807, 2.05) is 13.1 Å². The number of nitrogens with zero attached hydrogens (tertiary/aromatic N) is 2. The van der Waals surface area contributed by atoms with E-state index in [0.29, 0.717) is 13.0 Å². The average Bonchev–Trinajstić information content (AvgIpc) is 2.99. The number of aromatic nitrogens is 1. The molecular formula is C15H27N5OS. The van der Waals surface area contributed by atoms with Crippen LogP contribution in [-0.2, 0) is 17.6 Å². The number of nitrogens with one attached hydrogen (secondary N) is 3. The predicted molar refractivity (Wildman–Crippen MR) is 92.5 cm³/mol. The molecule has 0 aliphatic carbocycles. The zero-order valence-corrected chi connectivity index (χ0v) is 14.6. The Morgan fingerprint density at radius 3 is 2.64 bits per heavy atom. The van der Waals surface area contributed by atoms with E-state index in [2.05, 4.69) is 32.9 Å². The summed E-state index contributed by atoms with van der Waals surface area (Å²) in [5.41, 5.74) is 0. The molecule has 0 atom stereocenters. The highest BCUT2D eigenvalue weighted by Crippen LogP contribution is 2.13. The molecule has 1 rings (SSSR count). The van der Waals surface area contributed by atoms with E-state index < -0.39 is 0 Å². The summed E-state index contributed by atoms with van der Waals surface area (Å²) in [6.45, 7) is 6.26. The highest BCUT2D eigenvalue weighted by atomic mass is 32.1. The smallest absolute Gasteiger partial charge is 0.221 e. The highest BCUT2D eigenvalue weighted by molar-refractivity contribution is 7.11. The molecule has 0 radical (unpaired) electrons. The zero-order valence-electron chi connectivity index (χ0n) is 13.7. The SMILES string of the molecule is CCCNC(=O)CCNC(=NC)NCCc1ncc(CC)s1. The van der Waals surface area contributed by atoms with Crippen LogP contribution in [-0.4, -0.2) is 43.5 Å². The van der Waals surface area contributed by atoms with Crippen molar-refractivity contribution in [2.45, 2.75) is 39.5 Å². The summed E-state index contributed by atoms with van der Waals surface area (Å²) in [4.78, 5) is 21.3. The van der Waals surface area contributed by atoms with Gasteiger partial charge in [0.05, 0.1) is 5.01 Å². The van der Waals surface area contributed by atoms with Crippen molar-refractivity contribution in [2.75, 3.05) is 26.7 Å². The quantitative estimate of drug-likeness (QED) is 0.473. The summed E-state index contributed by atoms with van der Waals surface area (Å²) in [5.74, 6) is 0.787. The van der Waals surface area contributed by atoms with Gasteiger partial charge in [0.1, 0.15) is 0 Å². The summed E-state index contributed by atoms with van der Waals surface area (Å²) in [6, 6.07) is 0. The van der Waals surface area contributed by atoms with Crippen LogP contribution in [0.1, 0.15) is 36.6 Å². The number of hydrogen-bond donors (Lipinski definition) is 3. The first-order chi connectivity index (χ1) is 10.7. The number of hydrogen-bond acceptors (Lipinski definition) is 4. The van der Waals surface area contributed by atoms with Gasteiger partial charge in [-0.1, -0.05) is 13.8 Å². The molecule has 0 saturated carbocycles. The summed E-state index contributed by atoms with van der Waals surface area (Å²) in [6.07, 6.45) is 5.27. The summed E-state index contributed by atoms with van der Waals surface area (Å²) >= 11 is 1.76. The van der Waals surface area contributed by atoms with Crippen LogP contribution in [0.5, 0.6) is 0 Å². The van der Waals surface area contributed by atoms with Crippen LogP contribution in [0, 0.1) is 0 Å². The Morgan fingerprint density at radius 2 is 2.00 bits per heavy atom. The minimum Gasteiger partial charge on any atom is -0.356 e. The van der Waals surface area contributed by atoms with Gasteiger partial charge in [0, 0.05) is 50.6 Å². The first-order valence-corrected chi connectivity index (χ1v) is 8.66. The van der Waals surface area contributed by atoms with Crippen molar-refractivity contribution in [3.63, 3.8) is 0 Å². The van der Waals surface area contributed by atoms with Gasteiger partial charge in [-0.25, -0.2) is 4.98 Å². The Hall–Kier alpha value is -1.63. The van der Waals surface area contributed by atoms with Gasteiger partial charge < -0.3 is 16.0 Å². The number of aryl methyl sites for hydroxylation is 1. The summed E-state index contributed by atoms with van der Waals surface area (Å²) in [7, 11) is 1.73. The summed E-state index contributed by atoms with van der Waals surface area (Å²) in [5, 5.41) is 10.4. The van der Waals surface area contributed by atoms with Crippen LogP contribution in [0.15, 0.2) is 11.2 Å². The van der Waals surface area contributed by atoms with E-state index in [9.17, 15) is 4.79 Å². The molecule has 1 aromatic rings. The molecule has 0 spiro atoms. The van der Waals surface area contributed by atoms with Crippen LogP contribution >= 0.6 is 11.3 Å². The normalized spacial score (nSPS) is 11.3. The van der Waals surface area contributed by atoms with Gasteiger partial charge in [0.2, 0.25) is 5.91 Å². The molecule has 0 aromatic carbocycles. The van der Waals surface area contributed by atoms with E-state index in [4.69, 9.17) is 0 Å². The second kappa shape index (κ2) is 11.0. The molecule has 0 fully saturated rings. The molecule has 7 heteroatoms. The molecular weight excluding hydrogens is 298 g/mol. The van der Waals surface area contributed by atoms with Gasteiger partial charge in [0.25, 0.3) is 0 Å². The van der Waals surface area contributed by atoms with E-state index in [-0.39, 0.29) is 5.91 Å². The molecule has 0 saturated heterocycles. The van der Waals surface area contributed by atoms with Crippen molar-refractivity contribution < 1.29 is 4.79 Å². The van der Waals surface area contributed by atoms with Gasteiger partial charge in [-0.3, -0.25) is 9.79 Å². The Balaban J connectivity index is 2.18. The summed E-state index contributed by atoms with van der Waals surface area (Å²) < 4.78 is 0.